The lowest BCUT2D eigenvalue weighted by atomic mass is 10.0. The third-order valence-electron chi connectivity index (χ3n) is 14.4. The monoisotopic (exact) mass is 1130 g/mol. The van der Waals surface area contributed by atoms with Gasteiger partial charge in [-0.3, -0.25) is 14.4 Å². The number of benzene rings is 6. The van der Waals surface area contributed by atoms with Crippen LogP contribution in [0.1, 0.15) is 108 Å². The first-order valence-corrected chi connectivity index (χ1v) is 28.1. The third-order valence-corrected chi connectivity index (χ3v) is 14.4. The highest BCUT2D eigenvalue weighted by Gasteiger charge is 2.35. The van der Waals surface area contributed by atoms with Gasteiger partial charge in [-0.1, -0.05) is 173 Å². The van der Waals surface area contributed by atoms with E-state index in [9.17, 15) is 50.6 Å². The van der Waals surface area contributed by atoms with Crippen molar-refractivity contribution >= 4 is 35.8 Å². The topological polar surface area (TPSA) is 101 Å². The fraction of sp³-hybridized carbons (Fsp3) is 0.343. The molecule has 0 aliphatic carbocycles. The molecule has 0 radical (unpaired) electrons. The van der Waals surface area contributed by atoms with Gasteiger partial charge in [0, 0.05) is 64.3 Å². The number of carbonyl (C=O) groups excluding carboxylic acids is 3. The molecule has 6 aromatic rings. The van der Waals surface area contributed by atoms with Crippen LogP contribution in [0.3, 0.4) is 0 Å². The minimum Gasteiger partial charge on any atom is -0.480 e. The standard InChI is InChI=1S/C36H42F3N3O2.C31H32F3NO3/c1-3-4-6-9-28-12-14-31(15-13-28)27-42(34(43)21-18-29-16-19-32(20-17-29)36(37,38)39)33(26-30-10-7-5-8-11-30)35(44)41-24-22-40(2)23-25-41;1-2-3-5-8-23-11-13-26(14-12-23)22-35(28(30(37)38)21-25-9-6-4-7-10-25)29(36)20-17-24-15-18-27(19-16-24)31(32,33)34/h5,7-8,10-21,33H,3-4,6,9,22-27H2,1-2H3;4,6-7,9-20,28H,2-3,5,8,21-22H2,1H3,(H,37,38)/b21-18+;20-17+/t33-;28-/m00/s1. The highest BCUT2D eigenvalue weighted by atomic mass is 19.4. The van der Waals surface area contributed by atoms with Gasteiger partial charge in [0.2, 0.25) is 17.7 Å². The SMILES string of the molecule is CCCCCc1ccc(CN(C(=O)/C=C/c2ccc(C(F)(F)F)cc2)[C@@H](Cc2ccccc2)C(=O)N2CCN(C)CC2)cc1.CCCCCc1ccc(CN(C(=O)/C=C/c2ccc(C(F)(F)F)cc2)[C@@H](Cc2ccccc2)C(=O)O)cc1. The molecule has 1 fully saturated rings. The van der Waals surface area contributed by atoms with Crippen LogP contribution >= 0.6 is 0 Å². The number of rotatable bonds is 24. The summed E-state index contributed by atoms with van der Waals surface area (Å²) in [7, 11) is 2.02. The van der Waals surface area contributed by atoms with Crippen molar-refractivity contribution < 1.29 is 50.6 Å². The van der Waals surface area contributed by atoms with E-state index >= 15 is 0 Å². The van der Waals surface area contributed by atoms with Crippen molar-refractivity contribution in [1.82, 2.24) is 19.6 Å². The van der Waals surface area contributed by atoms with E-state index in [1.54, 1.807) is 4.90 Å². The van der Waals surface area contributed by atoms with Crippen molar-refractivity contribution in [3.63, 3.8) is 0 Å². The summed E-state index contributed by atoms with van der Waals surface area (Å²) in [6, 6.07) is 41.9. The zero-order valence-electron chi connectivity index (χ0n) is 46.9. The molecule has 0 spiro atoms. The summed E-state index contributed by atoms with van der Waals surface area (Å²) in [5.74, 6) is -2.16. The van der Waals surface area contributed by atoms with E-state index in [2.05, 4.69) is 30.9 Å². The molecular weight excluding hydrogens is 1050 g/mol. The second-order valence-corrected chi connectivity index (χ2v) is 20.8. The van der Waals surface area contributed by atoms with Gasteiger partial charge in [0.1, 0.15) is 12.1 Å². The molecule has 9 nitrogen and oxygen atoms in total. The molecule has 434 valence electrons. The molecule has 6 aromatic carbocycles. The molecule has 1 aliphatic rings. The molecule has 1 heterocycles. The summed E-state index contributed by atoms with van der Waals surface area (Å²) < 4.78 is 77.7. The van der Waals surface area contributed by atoms with Crippen molar-refractivity contribution in [2.24, 2.45) is 0 Å². The number of carboxylic acid groups (broad SMARTS) is 1. The maximum absolute atomic E-state index is 14.1. The number of piperazine rings is 1. The van der Waals surface area contributed by atoms with Crippen LogP contribution in [0, 0.1) is 0 Å². The van der Waals surface area contributed by atoms with Gasteiger partial charge < -0.3 is 24.7 Å². The van der Waals surface area contributed by atoms with Crippen LogP contribution in [0.5, 0.6) is 0 Å². The minimum absolute atomic E-state index is 0.0786. The Bertz CT molecular complexity index is 2980. The molecule has 0 saturated carbocycles. The number of aryl methyl sites for hydroxylation is 2. The summed E-state index contributed by atoms with van der Waals surface area (Å²) in [5, 5.41) is 10.1. The van der Waals surface area contributed by atoms with E-state index in [1.807, 2.05) is 109 Å². The number of likely N-dealkylation sites (N-methyl/N-ethyl adjacent to an activating group) is 1. The Labute approximate surface area is 478 Å². The molecule has 0 aromatic heterocycles. The molecule has 0 bridgehead atoms. The molecule has 1 saturated heterocycles. The number of unbranched alkanes of at least 4 members (excludes halogenated alkanes) is 4. The molecule has 1 N–H and O–H groups in total. The lowest BCUT2D eigenvalue weighted by molar-refractivity contribution is -0.149. The van der Waals surface area contributed by atoms with E-state index in [0.717, 1.165) is 105 Å². The first kappa shape index (κ1) is 63.4. The van der Waals surface area contributed by atoms with E-state index in [1.165, 1.54) is 71.0 Å². The number of aliphatic carboxylic acids is 1. The zero-order chi connectivity index (χ0) is 59.1. The predicted molar refractivity (Wildman–Crippen MR) is 311 cm³/mol. The largest absolute Gasteiger partial charge is 0.480 e. The van der Waals surface area contributed by atoms with Crippen LogP contribution in [0.2, 0.25) is 0 Å². The summed E-state index contributed by atoms with van der Waals surface area (Å²) in [5.41, 5.74) is 5.16. The number of hydrogen-bond acceptors (Lipinski definition) is 5. The van der Waals surface area contributed by atoms with Crippen molar-refractivity contribution in [2.75, 3.05) is 33.2 Å². The first-order chi connectivity index (χ1) is 39.3. The van der Waals surface area contributed by atoms with Gasteiger partial charge in [-0.25, -0.2) is 4.79 Å². The van der Waals surface area contributed by atoms with Gasteiger partial charge in [-0.15, -0.1) is 0 Å². The van der Waals surface area contributed by atoms with Gasteiger partial charge in [0.05, 0.1) is 11.1 Å². The fourth-order valence-corrected chi connectivity index (χ4v) is 9.52. The fourth-order valence-electron chi connectivity index (χ4n) is 9.52. The molecular formula is C67H74F6N4O5. The van der Waals surface area contributed by atoms with Crippen LogP contribution in [0.4, 0.5) is 26.3 Å². The van der Waals surface area contributed by atoms with Crippen LogP contribution in [-0.4, -0.2) is 93.7 Å². The lowest BCUT2D eigenvalue weighted by Gasteiger charge is -2.38. The average molecular weight is 1130 g/mol. The predicted octanol–water partition coefficient (Wildman–Crippen LogP) is 14.0. The smallest absolute Gasteiger partial charge is 0.416 e. The quantitative estimate of drug-likeness (QED) is 0.0368. The van der Waals surface area contributed by atoms with Crippen LogP contribution in [0.15, 0.2) is 170 Å². The Kier molecular flexibility index (Phi) is 24.3. The Morgan fingerprint density at radius 3 is 1.22 bits per heavy atom. The molecule has 2 atom stereocenters. The molecule has 0 unspecified atom stereocenters. The van der Waals surface area contributed by atoms with Crippen molar-refractivity contribution in [2.45, 2.75) is 116 Å². The summed E-state index contributed by atoms with van der Waals surface area (Å²) in [4.78, 5) is 60.6. The molecule has 7 rings (SSSR count). The van der Waals surface area contributed by atoms with Gasteiger partial charge in [0.25, 0.3) is 0 Å². The second kappa shape index (κ2) is 31.4. The number of alkyl halides is 6. The maximum atomic E-state index is 14.1. The number of halogens is 6. The Hall–Kier alpha value is -7.78. The van der Waals surface area contributed by atoms with Gasteiger partial charge in [0.15, 0.2) is 0 Å². The van der Waals surface area contributed by atoms with Crippen molar-refractivity contribution in [3.8, 4) is 0 Å². The summed E-state index contributed by atoms with van der Waals surface area (Å²) in [6.45, 7) is 7.30. The van der Waals surface area contributed by atoms with Crippen LogP contribution in [0.25, 0.3) is 12.2 Å². The summed E-state index contributed by atoms with van der Waals surface area (Å²) >= 11 is 0. The molecule has 3 amide bonds. The normalized spacial score (nSPS) is 13.8. The average Bonchev–Trinajstić information content (AvgIpc) is 3.61. The molecule has 1 aliphatic heterocycles. The van der Waals surface area contributed by atoms with Gasteiger partial charge >= 0.3 is 18.3 Å². The highest BCUT2D eigenvalue weighted by Crippen LogP contribution is 2.31. The second-order valence-electron chi connectivity index (χ2n) is 20.8. The maximum Gasteiger partial charge on any atom is 0.416 e. The van der Waals surface area contributed by atoms with E-state index in [0.29, 0.717) is 30.6 Å². The van der Waals surface area contributed by atoms with Crippen molar-refractivity contribution in [1.29, 1.82) is 0 Å². The van der Waals surface area contributed by atoms with Crippen LogP contribution < -0.4 is 0 Å². The van der Waals surface area contributed by atoms with Crippen LogP contribution in [-0.2, 0) is 70.3 Å². The van der Waals surface area contributed by atoms with Gasteiger partial charge in [-0.2, -0.15) is 26.3 Å². The third kappa shape index (κ3) is 20.3. The van der Waals surface area contributed by atoms with Gasteiger partial charge in [-0.05, 0) is 114 Å². The number of carbonyl (C=O) groups is 4. The number of amides is 3. The zero-order valence-corrected chi connectivity index (χ0v) is 46.9. The Morgan fingerprint density at radius 1 is 0.488 bits per heavy atom. The number of nitrogens with zero attached hydrogens (tertiary/aromatic N) is 4. The number of carboxylic acids is 1. The summed E-state index contributed by atoms with van der Waals surface area (Å²) in [6.07, 6.45) is 5.81. The minimum atomic E-state index is -4.45. The molecule has 15 heteroatoms. The van der Waals surface area contributed by atoms with Crippen molar-refractivity contribution in [3.05, 3.63) is 226 Å². The molecule has 82 heavy (non-hydrogen) atoms. The first-order valence-electron chi connectivity index (χ1n) is 28.1. The lowest BCUT2D eigenvalue weighted by Crippen LogP contribution is -2.55. The van der Waals surface area contributed by atoms with E-state index in [-0.39, 0.29) is 31.3 Å². The van der Waals surface area contributed by atoms with E-state index < -0.39 is 47.4 Å². The van der Waals surface area contributed by atoms with E-state index in [4.69, 9.17) is 0 Å². The Morgan fingerprint density at radius 2 is 0.854 bits per heavy atom. The Balaban J connectivity index is 0.000000267. The number of hydrogen-bond donors (Lipinski definition) is 1. The highest BCUT2D eigenvalue weighted by molar-refractivity contribution is 5.96.